The van der Waals surface area contributed by atoms with Crippen LogP contribution in [-0.4, -0.2) is 50.6 Å². The van der Waals surface area contributed by atoms with Gasteiger partial charge in [0.25, 0.3) is 0 Å². The van der Waals surface area contributed by atoms with E-state index in [-0.39, 0.29) is 16.6 Å². The van der Waals surface area contributed by atoms with Crippen molar-refractivity contribution in [3.05, 3.63) is 54.1 Å². The van der Waals surface area contributed by atoms with E-state index in [1.54, 1.807) is 37.4 Å². The molecule has 0 radical (unpaired) electrons. The second-order valence-corrected chi connectivity index (χ2v) is 9.93. The van der Waals surface area contributed by atoms with Crippen LogP contribution in [0.1, 0.15) is 5.56 Å². The van der Waals surface area contributed by atoms with Crippen LogP contribution in [0.4, 0.5) is 5.69 Å². The maximum Gasteiger partial charge on any atom is 0.242 e. The second kappa shape index (κ2) is 9.03. The van der Waals surface area contributed by atoms with Crippen LogP contribution in [-0.2, 0) is 14.8 Å². The summed E-state index contributed by atoms with van der Waals surface area (Å²) in [6.45, 7) is 1.90. The lowest BCUT2D eigenvalue weighted by atomic mass is 10.1. The lowest BCUT2D eigenvalue weighted by molar-refractivity contribution is -0.113. The third kappa shape index (κ3) is 4.75. The minimum atomic E-state index is -3.52. The highest BCUT2D eigenvalue weighted by molar-refractivity contribution is 7.99. The Morgan fingerprint density at radius 3 is 2.60 bits per heavy atom. The molecule has 0 unspecified atom stereocenters. The van der Waals surface area contributed by atoms with Crippen LogP contribution < -0.4 is 10.1 Å². The van der Waals surface area contributed by atoms with Crippen molar-refractivity contribution >= 4 is 44.3 Å². The summed E-state index contributed by atoms with van der Waals surface area (Å²) < 4.78 is 31.2. The largest absolute Gasteiger partial charge is 0.495 e. The summed E-state index contributed by atoms with van der Waals surface area (Å²) in [5, 5.41) is 4.29. The molecule has 158 valence electrons. The number of pyridine rings is 1. The highest BCUT2D eigenvalue weighted by Gasteiger charge is 2.18. The Bertz CT molecular complexity index is 1190. The molecule has 7 nitrogen and oxygen atoms in total. The SMILES string of the molecule is COc1ccccc1NC(=O)CSc1cc(C)c2cc(S(=O)(=O)N(C)C)ccc2n1. The number of hydrogen-bond acceptors (Lipinski definition) is 6. The number of aromatic nitrogens is 1. The number of para-hydroxylation sites is 2. The highest BCUT2D eigenvalue weighted by atomic mass is 32.2. The van der Waals surface area contributed by atoms with Crippen molar-refractivity contribution < 1.29 is 17.9 Å². The molecule has 0 saturated heterocycles. The predicted molar refractivity (Wildman–Crippen MR) is 120 cm³/mol. The van der Waals surface area contributed by atoms with Gasteiger partial charge in [0.2, 0.25) is 15.9 Å². The van der Waals surface area contributed by atoms with Crippen molar-refractivity contribution in [2.24, 2.45) is 0 Å². The molecule has 1 aromatic heterocycles. The lowest BCUT2D eigenvalue weighted by Gasteiger charge is -2.13. The van der Waals surface area contributed by atoms with E-state index in [9.17, 15) is 13.2 Å². The predicted octanol–water partition coefficient (Wildman–Crippen LogP) is 3.53. The highest BCUT2D eigenvalue weighted by Crippen LogP contribution is 2.27. The number of aryl methyl sites for hydroxylation is 1. The van der Waals surface area contributed by atoms with Gasteiger partial charge >= 0.3 is 0 Å². The smallest absolute Gasteiger partial charge is 0.242 e. The summed E-state index contributed by atoms with van der Waals surface area (Å²) in [6.07, 6.45) is 0. The van der Waals surface area contributed by atoms with Crippen molar-refractivity contribution in [2.45, 2.75) is 16.8 Å². The van der Waals surface area contributed by atoms with Crippen LogP contribution in [0.25, 0.3) is 10.9 Å². The van der Waals surface area contributed by atoms with Crippen molar-refractivity contribution in [1.82, 2.24) is 9.29 Å². The topological polar surface area (TPSA) is 88.6 Å². The molecule has 1 amide bonds. The Hall–Kier alpha value is -2.62. The van der Waals surface area contributed by atoms with E-state index < -0.39 is 10.0 Å². The Morgan fingerprint density at radius 1 is 1.17 bits per heavy atom. The number of carbonyl (C=O) groups is 1. The van der Waals surface area contributed by atoms with Gasteiger partial charge in [-0.3, -0.25) is 4.79 Å². The van der Waals surface area contributed by atoms with Crippen LogP contribution in [0, 0.1) is 6.92 Å². The van der Waals surface area contributed by atoms with Crippen LogP contribution in [0.5, 0.6) is 5.75 Å². The molecule has 0 aliphatic carbocycles. The number of carbonyl (C=O) groups excluding carboxylic acids is 1. The molecule has 0 bridgehead atoms. The van der Waals surface area contributed by atoms with Crippen molar-refractivity contribution in [3.63, 3.8) is 0 Å². The molecule has 0 saturated carbocycles. The quantitative estimate of drug-likeness (QED) is 0.560. The number of methoxy groups -OCH3 is 1. The zero-order valence-corrected chi connectivity index (χ0v) is 18.8. The van der Waals surface area contributed by atoms with Gasteiger partial charge in [-0.15, -0.1) is 0 Å². The maximum atomic E-state index is 12.4. The Balaban J connectivity index is 1.76. The first-order valence-corrected chi connectivity index (χ1v) is 11.5. The first-order chi connectivity index (χ1) is 14.2. The molecular weight excluding hydrogens is 422 g/mol. The Labute approximate surface area is 180 Å². The maximum absolute atomic E-state index is 12.4. The van der Waals surface area contributed by atoms with E-state index in [4.69, 9.17) is 4.74 Å². The first kappa shape index (κ1) is 22.1. The summed E-state index contributed by atoms with van der Waals surface area (Å²) in [4.78, 5) is 17.1. The number of nitrogens with one attached hydrogen (secondary N) is 1. The molecule has 0 fully saturated rings. The Kier molecular flexibility index (Phi) is 6.64. The zero-order valence-electron chi connectivity index (χ0n) is 17.2. The van der Waals surface area contributed by atoms with Gasteiger partial charge in [0, 0.05) is 19.5 Å². The number of rotatable bonds is 7. The van der Waals surface area contributed by atoms with Gasteiger partial charge in [-0.1, -0.05) is 23.9 Å². The fourth-order valence-electron chi connectivity index (χ4n) is 2.86. The van der Waals surface area contributed by atoms with Crippen LogP contribution in [0.3, 0.4) is 0 Å². The van der Waals surface area contributed by atoms with Gasteiger partial charge in [0.05, 0.1) is 34.0 Å². The number of nitrogens with zero attached hydrogens (tertiary/aromatic N) is 2. The number of thioether (sulfide) groups is 1. The van der Waals surface area contributed by atoms with Crippen molar-refractivity contribution in [2.75, 3.05) is 32.3 Å². The molecule has 3 rings (SSSR count). The van der Waals surface area contributed by atoms with Gasteiger partial charge in [-0.2, -0.15) is 0 Å². The fourth-order valence-corrected chi connectivity index (χ4v) is 4.56. The minimum Gasteiger partial charge on any atom is -0.495 e. The molecule has 30 heavy (non-hydrogen) atoms. The van der Waals surface area contributed by atoms with E-state index in [2.05, 4.69) is 10.3 Å². The third-order valence-corrected chi connectivity index (χ3v) is 7.20. The molecule has 9 heteroatoms. The van der Waals surface area contributed by atoms with Gasteiger partial charge < -0.3 is 10.1 Å². The monoisotopic (exact) mass is 445 g/mol. The van der Waals surface area contributed by atoms with Gasteiger partial charge in [0.15, 0.2) is 0 Å². The number of anilines is 1. The average Bonchev–Trinajstić information content (AvgIpc) is 2.72. The van der Waals surface area contributed by atoms with E-state index in [0.29, 0.717) is 22.0 Å². The fraction of sp³-hybridized carbons (Fsp3) is 0.238. The Morgan fingerprint density at radius 2 is 1.90 bits per heavy atom. The lowest BCUT2D eigenvalue weighted by Crippen LogP contribution is -2.22. The first-order valence-electron chi connectivity index (χ1n) is 9.12. The van der Waals surface area contributed by atoms with Gasteiger partial charge in [0.1, 0.15) is 5.75 Å². The van der Waals surface area contributed by atoms with Crippen LogP contribution in [0.15, 0.2) is 58.5 Å². The molecule has 0 spiro atoms. The van der Waals surface area contributed by atoms with E-state index in [1.165, 1.54) is 30.2 Å². The normalized spacial score (nSPS) is 11.6. The molecule has 2 aromatic carbocycles. The van der Waals surface area contributed by atoms with Crippen LogP contribution in [0.2, 0.25) is 0 Å². The standard InChI is InChI=1S/C21H23N3O4S2/c1-14-11-21(29-13-20(25)22-18-7-5-6-8-19(18)28-4)23-17-10-9-15(12-16(14)17)30(26,27)24(2)3/h5-12H,13H2,1-4H3,(H,22,25). The number of amides is 1. The number of sulfonamides is 1. The van der Waals surface area contributed by atoms with E-state index in [1.807, 2.05) is 25.1 Å². The van der Waals surface area contributed by atoms with E-state index in [0.717, 1.165) is 10.9 Å². The molecule has 1 N–H and O–H groups in total. The summed E-state index contributed by atoms with van der Waals surface area (Å²) >= 11 is 1.31. The third-order valence-electron chi connectivity index (χ3n) is 4.47. The summed E-state index contributed by atoms with van der Waals surface area (Å²) in [6, 6.07) is 13.9. The summed E-state index contributed by atoms with van der Waals surface area (Å²) in [7, 11) is 1.04. The van der Waals surface area contributed by atoms with Crippen LogP contribution >= 0.6 is 11.8 Å². The minimum absolute atomic E-state index is 0.170. The molecular formula is C21H23N3O4S2. The van der Waals surface area contributed by atoms with Gasteiger partial charge in [-0.25, -0.2) is 17.7 Å². The molecule has 0 aliphatic heterocycles. The number of hydrogen-bond donors (Lipinski definition) is 1. The number of fused-ring (bicyclic) bond motifs is 1. The molecule has 3 aromatic rings. The van der Waals surface area contributed by atoms with E-state index >= 15 is 0 Å². The zero-order chi connectivity index (χ0) is 21.9. The number of benzene rings is 2. The summed E-state index contributed by atoms with van der Waals surface area (Å²) in [5.41, 5.74) is 2.19. The summed E-state index contributed by atoms with van der Waals surface area (Å²) in [5.74, 6) is 0.610. The molecule has 0 atom stereocenters. The van der Waals surface area contributed by atoms with Crippen molar-refractivity contribution in [3.8, 4) is 5.75 Å². The average molecular weight is 446 g/mol. The molecule has 1 heterocycles. The van der Waals surface area contributed by atoms with Crippen molar-refractivity contribution in [1.29, 1.82) is 0 Å². The second-order valence-electron chi connectivity index (χ2n) is 6.78. The van der Waals surface area contributed by atoms with Gasteiger partial charge in [-0.05, 0) is 48.9 Å². The molecule has 0 aliphatic rings. The number of ether oxygens (including phenoxy) is 1.